The molecule has 0 aromatic heterocycles. The molecule has 2 atom stereocenters. The molecule has 3 aliphatic heterocycles. The van der Waals surface area contributed by atoms with E-state index in [9.17, 15) is 0 Å². The molecule has 30 heavy (non-hydrogen) atoms. The maximum atomic E-state index is 5.52. The number of guanidine groups is 1. The van der Waals surface area contributed by atoms with Gasteiger partial charge in [0.25, 0.3) is 0 Å². The summed E-state index contributed by atoms with van der Waals surface area (Å²) in [6, 6.07) is 12.1. The van der Waals surface area contributed by atoms with Crippen LogP contribution in [0.3, 0.4) is 0 Å². The maximum Gasteiger partial charge on any atom is 0.193 e. The zero-order valence-corrected chi connectivity index (χ0v) is 20.7. The predicted molar refractivity (Wildman–Crippen MR) is 134 cm³/mol. The van der Waals surface area contributed by atoms with Gasteiger partial charge in [0.1, 0.15) is 0 Å². The van der Waals surface area contributed by atoms with E-state index in [1.54, 1.807) is 0 Å². The molecule has 6 nitrogen and oxygen atoms in total. The van der Waals surface area contributed by atoms with E-state index in [-0.39, 0.29) is 24.0 Å². The molecule has 1 N–H and O–H groups in total. The third-order valence-corrected chi connectivity index (χ3v) is 6.71. The number of morpholine rings is 1. The van der Waals surface area contributed by atoms with Gasteiger partial charge >= 0.3 is 0 Å². The highest BCUT2D eigenvalue weighted by Crippen LogP contribution is 2.20. The number of piperidine rings is 1. The first-order chi connectivity index (χ1) is 14.3. The molecule has 168 valence electrons. The fraction of sp³-hybridized carbons (Fsp3) is 0.696. The van der Waals surface area contributed by atoms with Crippen LogP contribution in [0.4, 0.5) is 0 Å². The van der Waals surface area contributed by atoms with Gasteiger partial charge < -0.3 is 15.0 Å². The molecule has 3 aliphatic rings. The minimum Gasteiger partial charge on any atom is -0.379 e. The van der Waals surface area contributed by atoms with Crippen LogP contribution in [-0.2, 0) is 11.3 Å². The van der Waals surface area contributed by atoms with Gasteiger partial charge in [-0.25, -0.2) is 0 Å². The topological polar surface area (TPSA) is 43.3 Å². The van der Waals surface area contributed by atoms with Gasteiger partial charge in [-0.3, -0.25) is 14.8 Å². The van der Waals surface area contributed by atoms with Crippen LogP contribution in [0.15, 0.2) is 35.3 Å². The minimum atomic E-state index is 0. The summed E-state index contributed by atoms with van der Waals surface area (Å²) < 4.78 is 5.52. The zero-order valence-electron chi connectivity index (χ0n) is 18.3. The summed E-state index contributed by atoms with van der Waals surface area (Å²) in [5, 5.41) is 3.71. The molecule has 4 rings (SSSR count). The Morgan fingerprint density at radius 1 is 1.07 bits per heavy atom. The summed E-state index contributed by atoms with van der Waals surface area (Å²) in [4.78, 5) is 12.3. The van der Waals surface area contributed by atoms with E-state index in [1.165, 1.54) is 37.8 Å². The molecule has 0 saturated carbocycles. The van der Waals surface area contributed by atoms with Gasteiger partial charge in [-0.15, -0.1) is 24.0 Å². The van der Waals surface area contributed by atoms with E-state index in [1.807, 2.05) is 7.05 Å². The number of nitrogens with one attached hydrogen (secondary N) is 1. The number of likely N-dealkylation sites (tertiary alicyclic amines) is 2. The monoisotopic (exact) mass is 527 g/mol. The first kappa shape index (κ1) is 23.8. The van der Waals surface area contributed by atoms with Crippen LogP contribution in [0.5, 0.6) is 0 Å². The number of halogens is 1. The number of aliphatic imine (C=N–C) groups is 1. The van der Waals surface area contributed by atoms with Gasteiger partial charge in [0.05, 0.1) is 13.2 Å². The normalized spacial score (nSPS) is 26.4. The van der Waals surface area contributed by atoms with Crippen LogP contribution < -0.4 is 5.32 Å². The molecular weight excluding hydrogens is 489 g/mol. The molecule has 0 aliphatic carbocycles. The Kier molecular flexibility index (Phi) is 9.67. The van der Waals surface area contributed by atoms with Gasteiger partial charge in [0.2, 0.25) is 0 Å². The van der Waals surface area contributed by atoms with Crippen molar-refractivity contribution in [3.8, 4) is 0 Å². The van der Waals surface area contributed by atoms with E-state index >= 15 is 0 Å². The molecule has 1 aromatic carbocycles. The van der Waals surface area contributed by atoms with Crippen molar-refractivity contribution in [1.29, 1.82) is 0 Å². The van der Waals surface area contributed by atoms with Crippen LogP contribution >= 0.6 is 24.0 Å². The van der Waals surface area contributed by atoms with Gasteiger partial charge in [-0.1, -0.05) is 36.8 Å². The van der Waals surface area contributed by atoms with E-state index in [0.29, 0.717) is 12.1 Å². The lowest BCUT2D eigenvalue weighted by Gasteiger charge is -2.37. The smallest absolute Gasteiger partial charge is 0.193 e. The van der Waals surface area contributed by atoms with Crippen molar-refractivity contribution in [2.24, 2.45) is 4.99 Å². The molecule has 3 saturated heterocycles. The molecule has 1 aromatic rings. The maximum absolute atomic E-state index is 5.52. The van der Waals surface area contributed by atoms with Crippen molar-refractivity contribution in [3.63, 3.8) is 0 Å². The SMILES string of the molecule is CN=C(NCC1CCCCN1Cc1ccccc1)N1CCC(N2CCOCC2)C1.I. The highest BCUT2D eigenvalue weighted by Gasteiger charge is 2.31. The average Bonchev–Trinajstić information content (AvgIpc) is 3.27. The van der Waals surface area contributed by atoms with Crippen LogP contribution in [0.25, 0.3) is 0 Å². The second-order valence-corrected chi connectivity index (χ2v) is 8.57. The van der Waals surface area contributed by atoms with E-state index < -0.39 is 0 Å². The molecule has 3 fully saturated rings. The number of hydrogen-bond donors (Lipinski definition) is 1. The Morgan fingerprint density at radius 3 is 2.63 bits per heavy atom. The Labute approximate surface area is 199 Å². The quantitative estimate of drug-likeness (QED) is 0.363. The standard InChI is InChI=1S/C23H37N5O.HI/c1-24-23(28-12-10-22(19-28)26-13-15-29-16-14-26)25-17-21-9-5-6-11-27(21)18-20-7-3-2-4-8-20;/h2-4,7-8,21-22H,5-6,9-19H2,1H3,(H,24,25);1H. The first-order valence-electron chi connectivity index (χ1n) is 11.4. The third-order valence-electron chi connectivity index (χ3n) is 6.71. The number of nitrogens with zero attached hydrogens (tertiary/aromatic N) is 4. The van der Waals surface area contributed by atoms with Crippen molar-refractivity contribution >= 4 is 29.9 Å². The summed E-state index contributed by atoms with van der Waals surface area (Å²) in [5.41, 5.74) is 1.41. The zero-order chi connectivity index (χ0) is 19.9. The molecular formula is C23H38IN5O. The fourth-order valence-electron chi connectivity index (χ4n) is 5.03. The number of benzene rings is 1. The van der Waals surface area contributed by atoms with Gasteiger partial charge in [0.15, 0.2) is 5.96 Å². The van der Waals surface area contributed by atoms with E-state index in [4.69, 9.17) is 4.74 Å². The molecule has 2 unspecified atom stereocenters. The van der Waals surface area contributed by atoms with Crippen molar-refractivity contribution in [3.05, 3.63) is 35.9 Å². The van der Waals surface area contributed by atoms with Gasteiger partial charge in [0, 0.05) is 58.4 Å². The van der Waals surface area contributed by atoms with Crippen molar-refractivity contribution in [2.45, 2.75) is 44.3 Å². The van der Waals surface area contributed by atoms with Gasteiger partial charge in [-0.05, 0) is 31.4 Å². The molecule has 0 spiro atoms. The Bertz CT molecular complexity index is 652. The lowest BCUT2D eigenvalue weighted by molar-refractivity contribution is 0.0194. The Hall–Kier alpha value is -0.900. The molecule has 0 amide bonds. The average molecular weight is 527 g/mol. The number of hydrogen-bond acceptors (Lipinski definition) is 4. The lowest BCUT2D eigenvalue weighted by Crippen LogP contribution is -2.50. The molecule has 0 bridgehead atoms. The largest absolute Gasteiger partial charge is 0.379 e. The first-order valence-corrected chi connectivity index (χ1v) is 11.4. The highest BCUT2D eigenvalue weighted by molar-refractivity contribution is 14.0. The minimum absolute atomic E-state index is 0. The highest BCUT2D eigenvalue weighted by atomic mass is 127. The Balaban J connectivity index is 0.00000256. The third kappa shape index (κ3) is 6.31. The molecule has 3 heterocycles. The van der Waals surface area contributed by atoms with Crippen molar-refractivity contribution in [2.75, 3.05) is 59.5 Å². The van der Waals surface area contributed by atoms with E-state index in [0.717, 1.165) is 58.4 Å². The van der Waals surface area contributed by atoms with Gasteiger partial charge in [-0.2, -0.15) is 0 Å². The molecule has 7 heteroatoms. The van der Waals surface area contributed by atoms with Crippen molar-refractivity contribution < 1.29 is 4.74 Å². The van der Waals surface area contributed by atoms with Crippen LogP contribution in [-0.4, -0.2) is 92.3 Å². The Morgan fingerprint density at radius 2 is 1.87 bits per heavy atom. The van der Waals surface area contributed by atoms with Crippen molar-refractivity contribution in [1.82, 2.24) is 20.0 Å². The summed E-state index contributed by atoms with van der Waals surface area (Å²) in [5.74, 6) is 1.07. The lowest BCUT2D eigenvalue weighted by atomic mass is 10.0. The van der Waals surface area contributed by atoms with Crippen LogP contribution in [0.2, 0.25) is 0 Å². The second kappa shape index (κ2) is 12.2. The number of ether oxygens (including phenoxy) is 1. The summed E-state index contributed by atoms with van der Waals surface area (Å²) in [7, 11) is 1.92. The second-order valence-electron chi connectivity index (χ2n) is 8.57. The molecule has 0 radical (unpaired) electrons. The summed E-state index contributed by atoms with van der Waals surface area (Å²) in [6.07, 6.45) is 5.14. The predicted octanol–water partition coefficient (Wildman–Crippen LogP) is 2.64. The fourth-order valence-corrected chi connectivity index (χ4v) is 5.03. The van der Waals surface area contributed by atoms with Crippen LogP contribution in [0.1, 0.15) is 31.2 Å². The van der Waals surface area contributed by atoms with E-state index in [2.05, 4.69) is 55.3 Å². The summed E-state index contributed by atoms with van der Waals surface area (Å²) >= 11 is 0. The van der Waals surface area contributed by atoms with Crippen LogP contribution in [0, 0.1) is 0 Å². The number of rotatable bonds is 5. The summed E-state index contributed by atoms with van der Waals surface area (Å²) in [6.45, 7) is 9.31.